The van der Waals surface area contributed by atoms with E-state index in [-0.39, 0.29) is 24.8 Å². The summed E-state index contributed by atoms with van der Waals surface area (Å²) in [7, 11) is 0. The predicted octanol–water partition coefficient (Wildman–Crippen LogP) is 3.23. The first-order valence-electron chi connectivity index (χ1n) is 8.42. The van der Waals surface area contributed by atoms with Crippen LogP contribution in [0.25, 0.3) is 0 Å². The second-order valence-electron chi connectivity index (χ2n) is 6.32. The minimum absolute atomic E-state index is 0.0896. The molecule has 1 fully saturated rings. The summed E-state index contributed by atoms with van der Waals surface area (Å²) in [6.45, 7) is 1.22. The summed E-state index contributed by atoms with van der Waals surface area (Å²) in [6.07, 6.45) is 1.27. The van der Waals surface area contributed by atoms with E-state index >= 15 is 0 Å². The van der Waals surface area contributed by atoms with Crippen molar-refractivity contribution < 1.29 is 18.0 Å². The van der Waals surface area contributed by atoms with Gasteiger partial charge in [-0.15, -0.1) is 0 Å². The molecule has 1 amide bonds. The highest BCUT2D eigenvalue weighted by Crippen LogP contribution is 2.42. The molecule has 1 aliphatic carbocycles. The molecule has 0 atom stereocenters. The zero-order valence-corrected chi connectivity index (χ0v) is 14.7. The molecule has 1 N–H and O–H groups in total. The number of carbonyl (C=O) groups excluding carboxylic acids is 1. The molecule has 2 aromatic rings. The van der Waals surface area contributed by atoms with E-state index in [4.69, 9.17) is 11.6 Å². The van der Waals surface area contributed by atoms with Gasteiger partial charge in [0, 0.05) is 43.9 Å². The highest BCUT2D eigenvalue weighted by atomic mass is 35.5. The first-order valence-corrected chi connectivity index (χ1v) is 8.80. The SMILES string of the molecule is O=C(CCn1nc(C(F)(F)F)cc1C1CC1)NCCCn1cc(Cl)cn1. The fraction of sp³-hybridized carbons (Fsp3) is 0.562. The van der Waals surface area contributed by atoms with Crippen LogP contribution in [0.5, 0.6) is 0 Å². The van der Waals surface area contributed by atoms with Crippen LogP contribution in [0.2, 0.25) is 5.02 Å². The van der Waals surface area contributed by atoms with E-state index in [2.05, 4.69) is 15.5 Å². The number of carbonyl (C=O) groups is 1. The maximum atomic E-state index is 12.8. The Balaban J connectivity index is 1.44. The monoisotopic (exact) mass is 389 g/mol. The van der Waals surface area contributed by atoms with Gasteiger partial charge < -0.3 is 5.32 Å². The Labute approximate surface area is 153 Å². The molecule has 0 aliphatic heterocycles. The van der Waals surface area contributed by atoms with Gasteiger partial charge in [-0.3, -0.25) is 14.2 Å². The first-order chi connectivity index (χ1) is 12.3. The Kier molecular flexibility index (Phi) is 5.55. The molecule has 2 aromatic heterocycles. The molecule has 3 rings (SSSR count). The van der Waals surface area contributed by atoms with Crippen LogP contribution >= 0.6 is 11.6 Å². The maximum absolute atomic E-state index is 12.8. The summed E-state index contributed by atoms with van der Waals surface area (Å²) in [5, 5.41) is 11.0. The number of rotatable bonds is 8. The Hall–Kier alpha value is -2.03. The third kappa shape index (κ3) is 5.00. The normalized spacial score (nSPS) is 14.6. The Morgan fingerprint density at radius 1 is 1.35 bits per heavy atom. The van der Waals surface area contributed by atoms with Crippen molar-refractivity contribution in [3.63, 3.8) is 0 Å². The third-order valence-corrected chi connectivity index (χ3v) is 4.33. The fourth-order valence-corrected chi connectivity index (χ4v) is 2.84. The lowest BCUT2D eigenvalue weighted by molar-refractivity contribution is -0.141. The van der Waals surface area contributed by atoms with Gasteiger partial charge in [-0.2, -0.15) is 23.4 Å². The van der Waals surface area contributed by atoms with Crippen LogP contribution in [0.15, 0.2) is 18.5 Å². The van der Waals surface area contributed by atoms with Gasteiger partial charge in [0.25, 0.3) is 0 Å². The Morgan fingerprint density at radius 3 is 2.73 bits per heavy atom. The molecule has 142 valence electrons. The van der Waals surface area contributed by atoms with Gasteiger partial charge in [0.05, 0.1) is 11.2 Å². The van der Waals surface area contributed by atoms with Crippen LogP contribution in [0.4, 0.5) is 13.2 Å². The van der Waals surface area contributed by atoms with Gasteiger partial charge in [0.15, 0.2) is 5.69 Å². The Morgan fingerprint density at radius 2 is 2.12 bits per heavy atom. The molecule has 0 unspecified atom stereocenters. The van der Waals surface area contributed by atoms with E-state index in [1.165, 1.54) is 10.9 Å². The largest absolute Gasteiger partial charge is 0.435 e. The van der Waals surface area contributed by atoms with Crippen molar-refractivity contribution in [2.45, 2.75) is 50.9 Å². The van der Waals surface area contributed by atoms with E-state index in [0.29, 0.717) is 30.2 Å². The summed E-state index contributed by atoms with van der Waals surface area (Å²) in [4.78, 5) is 11.9. The standard InChI is InChI=1S/C16H19ClF3N5O/c17-12-9-22-24(10-12)6-1-5-21-15(26)4-7-25-13(11-2-3-11)8-14(23-25)16(18,19)20/h8-11H,1-7H2,(H,21,26). The van der Waals surface area contributed by atoms with Crippen molar-refractivity contribution in [3.05, 3.63) is 34.9 Å². The smallest absolute Gasteiger partial charge is 0.356 e. The van der Waals surface area contributed by atoms with Gasteiger partial charge in [-0.25, -0.2) is 0 Å². The molecule has 0 radical (unpaired) electrons. The summed E-state index contributed by atoms with van der Waals surface area (Å²) in [5.74, 6) is -0.0862. The van der Waals surface area contributed by atoms with Crippen LogP contribution in [-0.2, 0) is 24.1 Å². The highest BCUT2D eigenvalue weighted by Gasteiger charge is 2.37. The van der Waals surface area contributed by atoms with Crippen molar-refractivity contribution in [3.8, 4) is 0 Å². The zero-order valence-electron chi connectivity index (χ0n) is 14.0. The number of halogens is 4. The maximum Gasteiger partial charge on any atom is 0.435 e. The summed E-state index contributed by atoms with van der Waals surface area (Å²) >= 11 is 5.76. The lowest BCUT2D eigenvalue weighted by atomic mass is 10.2. The lowest BCUT2D eigenvalue weighted by Crippen LogP contribution is -2.26. The van der Waals surface area contributed by atoms with Crippen LogP contribution in [0.3, 0.4) is 0 Å². The molecule has 1 saturated carbocycles. The topological polar surface area (TPSA) is 64.7 Å². The van der Waals surface area contributed by atoms with Gasteiger partial charge in [0.2, 0.25) is 5.91 Å². The van der Waals surface area contributed by atoms with Crippen LogP contribution in [0, 0.1) is 0 Å². The molecule has 0 saturated heterocycles. The molecule has 6 nitrogen and oxygen atoms in total. The average Bonchev–Trinajstić information content (AvgIpc) is 3.18. The number of hydrogen-bond acceptors (Lipinski definition) is 3. The number of nitrogens with one attached hydrogen (secondary N) is 1. The van der Waals surface area contributed by atoms with Gasteiger partial charge in [-0.05, 0) is 25.3 Å². The summed E-state index contributed by atoms with van der Waals surface area (Å²) < 4.78 is 41.5. The van der Waals surface area contributed by atoms with E-state index in [9.17, 15) is 18.0 Å². The average molecular weight is 390 g/mol. The molecular weight excluding hydrogens is 371 g/mol. The van der Waals surface area contributed by atoms with E-state index in [1.54, 1.807) is 10.9 Å². The molecule has 0 spiro atoms. The molecular formula is C16H19ClF3N5O. The van der Waals surface area contributed by atoms with Crippen LogP contribution < -0.4 is 5.32 Å². The second kappa shape index (κ2) is 7.69. The van der Waals surface area contributed by atoms with Gasteiger partial charge in [0.1, 0.15) is 0 Å². The van der Waals surface area contributed by atoms with E-state index in [0.717, 1.165) is 18.9 Å². The number of alkyl halides is 3. The number of aryl methyl sites for hydroxylation is 2. The highest BCUT2D eigenvalue weighted by molar-refractivity contribution is 6.30. The predicted molar refractivity (Wildman–Crippen MR) is 88.7 cm³/mol. The van der Waals surface area contributed by atoms with E-state index < -0.39 is 11.9 Å². The molecule has 0 bridgehead atoms. The summed E-state index contributed by atoms with van der Waals surface area (Å²) in [5.41, 5.74) is -0.321. The van der Waals surface area contributed by atoms with Crippen molar-refractivity contribution >= 4 is 17.5 Å². The minimum atomic E-state index is -4.47. The molecule has 2 heterocycles. The first kappa shape index (κ1) is 18.8. The number of aromatic nitrogens is 4. The molecule has 10 heteroatoms. The van der Waals surface area contributed by atoms with E-state index in [1.807, 2.05) is 0 Å². The van der Waals surface area contributed by atoms with Crippen LogP contribution in [-0.4, -0.2) is 32.0 Å². The van der Waals surface area contributed by atoms with Crippen molar-refractivity contribution in [1.29, 1.82) is 0 Å². The van der Waals surface area contributed by atoms with Crippen molar-refractivity contribution in [2.24, 2.45) is 0 Å². The zero-order chi connectivity index (χ0) is 18.7. The molecule has 1 aliphatic rings. The third-order valence-electron chi connectivity index (χ3n) is 4.14. The van der Waals surface area contributed by atoms with Crippen molar-refractivity contribution in [1.82, 2.24) is 24.9 Å². The molecule has 26 heavy (non-hydrogen) atoms. The van der Waals surface area contributed by atoms with Crippen LogP contribution in [0.1, 0.15) is 43.0 Å². The minimum Gasteiger partial charge on any atom is -0.356 e. The quantitative estimate of drug-likeness (QED) is 0.705. The number of nitrogens with zero attached hydrogens (tertiary/aromatic N) is 4. The summed E-state index contributed by atoms with van der Waals surface area (Å²) in [6, 6.07) is 1.10. The number of hydrogen-bond donors (Lipinski definition) is 1. The lowest BCUT2D eigenvalue weighted by Gasteiger charge is -2.08. The fourth-order valence-electron chi connectivity index (χ4n) is 2.68. The number of amides is 1. The van der Waals surface area contributed by atoms with Gasteiger partial charge >= 0.3 is 6.18 Å². The Bertz CT molecular complexity index is 766. The van der Waals surface area contributed by atoms with Crippen molar-refractivity contribution in [2.75, 3.05) is 6.54 Å². The second-order valence-corrected chi connectivity index (χ2v) is 6.76. The molecule has 0 aromatic carbocycles. The van der Waals surface area contributed by atoms with Gasteiger partial charge in [-0.1, -0.05) is 11.6 Å².